The van der Waals surface area contributed by atoms with Crippen molar-refractivity contribution in [3.05, 3.63) is 21.4 Å². The quantitative estimate of drug-likeness (QED) is 0.771. The zero-order valence-corrected chi connectivity index (χ0v) is 13.5. The third kappa shape index (κ3) is 4.90. The maximum atomic E-state index is 3.51. The smallest absolute Gasteiger partial charge is 0.0325 e. The molecule has 0 fully saturated rings. The molecule has 0 spiro atoms. The molecule has 0 atom stereocenters. The molecule has 1 heterocycles. The molecule has 0 radical (unpaired) electrons. The van der Waals surface area contributed by atoms with Crippen molar-refractivity contribution in [3.8, 4) is 0 Å². The lowest BCUT2D eigenvalue weighted by atomic mass is 9.99. The summed E-state index contributed by atoms with van der Waals surface area (Å²) in [5.74, 6) is 0.745. The van der Waals surface area contributed by atoms with Gasteiger partial charge < -0.3 is 10.2 Å². The zero-order chi connectivity index (χ0) is 13.7. The van der Waals surface area contributed by atoms with Crippen LogP contribution in [0.5, 0.6) is 0 Å². The van der Waals surface area contributed by atoms with E-state index in [1.54, 1.807) is 15.3 Å². The molecule has 0 saturated carbocycles. The minimum Gasteiger partial charge on any atom is -0.315 e. The lowest BCUT2D eigenvalue weighted by molar-refractivity contribution is 0.324. The number of rotatable bonds is 7. The standard InChI is InChI=1S/C16H28N2S/c1-13(2)11-17-8-9-18(3)12-15-10-14-6-4-5-7-16(14)19-15/h10,13,17H,4-9,11-12H2,1-3H3. The SMILES string of the molecule is CC(C)CNCCN(C)Cc1cc2c(s1)CCCC2. The number of likely N-dealkylation sites (N-methyl/N-ethyl adjacent to an activating group) is 1. The van der Waals surface area contributed by atoms with Gasteiger partial charge in [0.25, 0.3) is 0 Å². The van der Waals surface area contributed by atoms with Crippen LogP contribution in [0.3, 0.4) is 0 Å². The fourth-order valence-electron chi connectivity index (χ4n) is 2.64. The van der Waals surface area contributed by atoms with E-state index in [4.69, 9.17) is 0 Å². The maximum absolute atomic E-state index is 3.51. The Morgan fingerprint density at radius 2 is 2.11 bits per heavy atom. The summed E-state index contributed by atoms with van der Waals surface area (Å²) in [7, 11) is 2.23. The van der Waals surface area contributed by atoms with Crippen LogP contribution in [0.1, 0.15) is 42.0 Å². The summed E-state index contributed by atoms with van der Waals surface area (Å²) < 4.78 is 0. The summed E-state index contributed by atoms with van der Waals surface area (Å²) in [5, 5.41) is 3.51. The molecule has 3 heteroatoms. The van der Waals surface area contributed by atoms with Crippen molar-refractivity contribution in [3.63, 3.8) is 0 Å². The summed E-state index contributed by atoms with van der Waals surface area (Å²) >= 11 is 2.05. The fourth-order valence-corrected chi connectivity index (χ4v) is 3.98. The summed E-state index contributed by atoms with van der Waals surface area (Å²) in [6, 6.07) is 2.46. The molecule has 0 unspecified atom stereocenters. The molecule has 1 N–H and O–H groups in total. The second-order valence-corrected chi connectivity index (χ2v) is 7.43. The Bertz CT molecular complexity index is 361. The van der Waals surface area contributed by atoms with E-state index in [9.17, 15) is 0 Å². The molecule has 0 aliphatic heterocycles. The van der Waals surface area contributed by atoms with Crippen molar-refractivity contribution in [2.24, 2.45) is 5.92 Å². The van der Waals surface area contributed by atoms with Gasteiger partial charge in [0.2, 0.25) is 0 Å². The van der Waals surface area contributed by atoms with Gasteiger partial charge in [0.15, 0.2) is 0 Å². The Morgan fingerprint density at radius 3 is 2.84 bits per heavy atom. The van der Waals surface area contributed by atoms with Gasteiger partial charge in [0.1, 0.15) is 0 Å². The van der Waals surface area contributed by atoms with Crippen LogP contribution in [0, 0.1) is 5.92 Å². The first-order valence-corrected chi connectivity index (χ1v) is 8.46. The van der Waals surface area contributed by atoms with Gasteiger partial charge in [-0.25, -0.2) is 0 Å². The van der Waals surface area contributed by atoms with Crippen LogP contribution < -0.4 is 5.32 Å². The molecule has 0 aromatic carbocycles. The van der Waals surface area contributed by atoms with Crippen molar-refractivity contribution in [2.75, 3.05) is 26.7 Å². The van der Waals surface area contributed by atoms with Crippen molar-refractivity contribution < 1.29 is 0 Å². The van der Waals surface area contributed by atoms with E-state index >= 15 is 0 Å². The van der Waals surface area contributed by atoms with E-state index in [1.165, 1.54) is 25.7 Å². The summed E-state index contributed by atoms with van der Waals surface area (Å²) in [4.78, 5) is 5.65. The Hall–Kier alpha value is -0.380. The number of hydrogen-bond acceptors (Lipinski definition) is 3. The van der Waals surface area contributed by atoms with Crippen molar-refractivity contribution in [2.45, 2.75) is 46.1 Å². The highest BCUT2D eigenvalue weighted by Gasteiger charge is 2.13. The van der Waals surface area contributed by atoms with Crippen LogP contribution in [0.2, 0.25) is 0 Å². The molecule has 0 saturated heterocycles. The monoisotopic (exact) mass is 280 g/mol. The van der Waals surface area contributed by atoms with Gasteiger partial charge in [-0.2, -0.15) is 0 Å². The summed E-state index contributed by atoms with van der Waals surface area (Å²) in [6.07, 6.45) is 5.41. The van der Waals surface area contributed by atoms with E-state index in [0.717, 1.165) is 32.1 Å². The minimum atomic E-state index is 0.745. The molecular formula is C16H28N2S. The van der Waals surface area contributed by atoms with Gasteiger partial charge in [-0.05, 0) is 56.8 Å². The number of nitrogens with one attached hydrogen (secondary N) is 1. The first kappa shape index (κ1) is 15.0. The van der Waals surface area contributed by atoms with Crippen LogP contribution in [-0.4, -0.2) is 31.6 Å². The van der Waals surface area contributed by atoms with Gasteiger partial charge in [-0.15, -0.1) is 11.3 Å². The van der Waals surface area contributed by atoms with Gasteiger partial charge in [0.05, 0.1) is 0 Å². The Morgan fingerprint density at radius 1 is 1.32 bits per heavy atom. The summed E-state index contributed by atoms with van der Waals surface area (Å²) in [5.41, 5.74) is 1.64. The average molecular weight is 280 g/mol. The van der Waals surface area contributed by atoms with E-state index in [0.29, 0.717) is 0 Å². The van der Waals surface area contributed by atoms with Crippen LogP contribution in [0.25, 0.3) is 0 Å². The molecule has 2 nitrogen and oxygen atoms in total. The molecule has 108 valence electrons. The molecule has 2 rings (SSSR count). The maximum Gasteiger partial charge on any atom is 0.0325 e. The van der Waals surface area contributed by atoms with Crippen molar-refractivity contribution in [1.29, 1.82) is 0 Å². The highest BCUT2D eigenvalue weighted by atomic mass is 32.1. The normalized spacial score (nSPS) is 15.2. The largest absolute Gasteiger partial charge is 0.315 e. The van der Waals surface area contributed by atoms with Crippen molar-refractivity contribution in [1.82, 2.24) is 10.2 Å². The number of hydrogen-bond donors (Lipinski definition) is 1. The zero-order valence-electron chi connectivity index (χ0n) is 12.7. The van der Waals surface area contributed by atoms with Crippen molar-refractivity contribution >= 4 is 11.3 Å². The third-order valence-electron chi connectivity index (χ3n) is 3.70. The molecule has 1 aliphatic carbocycles. The fraction of sp³-hybridized carbons (Fsp3) is 0.750. The third-order valence-corrected chi connectivity index (χ3v) is 4.92. The minimum absolute atomic E-state index is 0.745. The lowest BCUT2D eigenvalue weighted by Gasteiger charge is -2.16. The molecule has 1 aromatic rings. The van der Waals surface area contributed by atoms with Crippen LogP contribution in [-0.2, 0) is 19.4 Å². The van der Waals surface area contributed by atoms with Crippen LogP contribution in [0.15, 0.2) is 6.07 Å². The first-order chi connectivity index (χ1) is 9.15. The molecule has 19 heavy (non-hydrogen) atoms. The van der Waals surface area contributed by atoms with Gasteiger partial charge in [-0.3, -0.25) is 0 Å². The molecule has 1 aliphatic rings. The van der Waals surface area contributed by atoms with Crippen LogP contribution >= 0.6 is 11.3 Å². The van der Waals surface area contributed by atoms with Gasteiger partial charge in [-0.1, -0.05) is 13.8 Å². The van der Waals surface area contributed by atoms with E-state index in [-0.39, 0.29) is 0 Å². The van der Waals surface area contributed by atoms with Gasteiger partial charge in [0, 0.05) is 29.4 Å². The number of nitrogens with zero attached hydrogens (tertiary/aromatic N) is 1. The van der Waals surface area contributed by atoms with Crippen LogP contribution in [0.4, 0.5) is 0 Å². The van der Waals surface area contributed by atoms with E-state index in [1.807, 2.05) is 11.3 Å². The second kappa shape index (κ2) is 7.41. The molecule has 0 bridgehead atoms. The Labute approximate surface area is 122 Å². The topological polar surface area (TPSA) is 15.3 Å². The number of aryl methyl sites for hydroxylation is 2. The lowest BCUT2D eigenvalue weighted by Crippen LogP contribution is -2.30. The van der Waals surface area contributed by atoms with E-state index < -0.39 is 0 Å². The van der Waals surface area contributed by atoms with E-state index in [2.05, 4.69) is 37.2 Å². The first-order valence-electron chi connectivity index (χ1n) is 7.65. The molecule has 1 aromatic heterocycles. The number of fused-ring (bicyclic) bond motifs is 1. The predicted molar refractivity (Wildman–Crippen MR) is 85.0 cm³/mol. The second-order valence-electron chi connectivity index (χ2n) is 6.20. The highest BCUT2D eigenvalue weighted by molar-refractivity contribution is 7.12. The Kier molecular flexibility index (Phi) is 5.86. The summed E-state index contributed by atoms with van der Waals surface area (Å²) in [6.45, 7) is 8.98. The highest BCUT2D eigenvalue weighted by Crippen LogP contribution is 2.30. The predicted octanol–water partition coefficient (Wildman–Crippen LogP) is 3.30. The average Bonchev–Trinajstić information content (AvgIpc) is 2.76. The molecule has 0 amide bonds. The molecular weight excluding hydrogens is 252 g/mol. The Balaban J connectivity index is 1.72. The number of thiophene rings is 1. The van der Waals surface area contributed by atoms with Gasteiger partial charge >= 0.3 is 0 Å².